The molecular weight excluding hydrogens is 456 g/mol. The van der Waals surface area contributed by atoms with Crippen molar-refractivity contribution in [2.75, 3.05) is 14.2 Å². The van der Waals surface area contributed by atoms with E-state index >= 15 is 0 Å². The molecule has 2 aromatic carbocycles. The predicted molar refractivity (Wildman–Crippen MR) is 140 cm³/mol. The zero-order valence-electron chi connectivity index (χ0n) is 21.0. The lowest BCUT2D eigenvalue weighted by atomic mass is 9.94. The van der Waals surface area contributed by atoms with E-state index in [9.17, 15) is 4.79 Å². The summed E-state index contributed by atoms with van der Waals surface area (Å²) in [6, 6.07) is 15.7. The number of hydrogen-bond donors (Lipinski definition) is 1. The highest BCUT2D eigenvalue weighted by molar-refractivity contribution is 5.96. The van der Waals surface area contributed by atoms with Crippen LogP contribution in [-0.2, 0) is 18.4 Å². The summed E-state index contributed by atoms with van der Waals surface area (Å²) in [5.74, 6) is 2.33. The zero-order chi connectivity index (χ0) is 25.1. The highest BCUT2D eigenvalue weighted by atomic mass is 16.5. The lowest BCUT2D eigenvalue weighted by Gasteiger charge is -2.29. The number of methoxy groups -OCH3 is 2. The number of benzene rings is 2. The van der Waals surface area contributed by atoms with Crippen LogP contribution >= 0.6 is 0 Å². The van der Waals surface area contributed by atoms with Crippen LogP contribution in [0.5, 0.6) is 17.2 Å². The maximum atomic E-state index is 12.7. The Balaban J connectivity index is 1.48. The van der Waals surface area contributed by atoms with Gasteiger partial charge >= 0.3 is 0 Å². The molecule has 1 saturated carbocycles. The smallest absolute Gasteiger partial charge is 0.274 e. The van der Waals surface area contributed by atoms with Crippen molar-refractivity contribution in [3.8, 4) is 28.4 Å². The Hall–Kier alpha value is -3.71. The number of fused-ring (bicyclic) bond motifs is 1. The average Bonchev–Trinajstić information content (AvgIpc) is 3.41. The van der Waals surface area contributed by atoms with E-state index in [-0.39, 0.29) is 11.7 Å². The number of pyridine rings is 1. The third-order valence-electron chi connectivity index (χ3n) is 6.95. The summed E-state index contributed by atoms with van der Waals surface area (Å²) < 4.78 is 25.1. The van der Waals surface area contributed by atoms with Crippen LogP contribution in [0.1, 0.15) is 31.2 Å². The van der Waals surface area contributed by atoms with Gasteiger partial charge in [-0.1, -0.05) is 12.1 Å². The van der Waals surface area contributed by atoms with E-state index in [2.05, 4.69) is 4.98 Å². The van der Waals surface area contributed by atoms with Crippen molar-refractivity contribution < 1.29 is 18.9 Å². The first kappa shape index (κ1) is 24.0. The molecule has 0 radical (unpaired) electrons. The Kier molecular flexibility index (Phi) is 7.00. The lowest BCUT2D eigenvalue weighted by Crippen LogP contribution is -2.27. The van der Waals surface area contributed by atoms with Gasteiger partial charge in [0.2, 0.25) is 0 Å². The first-order valence-corrected chi connectivity index (χ1v) is 12.3. The number of aryl methyl sites for hydroxylation is 1. The molecule has 1 aliphatic rings. The summed E-state index contributed by atoms with van der Waals surface area (Å²) >= 11 is 0. The largest absolute Gasteiger partial charge is 0.497 e. The van der Waals surface area contributed by atoms with E-state index in [1.807, 2.05) is 54.7 Å². The van der Waals surface area contributed by atoms with Gasteiger partial charge in [-0.2, -0.15) is 0 Å². The van der Waals surface area contributed by atoms with Gasteiger partial charge in [0.25, 0.3) is 5.56 Å². The number of nitrogens with one attached hydrogen (secondary N) is 1. The number of aromatic nitrogens is 2. The quantitative estimate of drug-likeness (QED) is 0.357. The third kappa shape index (κ3) is 4.97. The van der Waals surface area contributed by atoms with Crippen molar-refractivity contribution in [2.45, 2.75) is 44.5 Å². The molecule has 36 heavy (non-hydrogen) atoms. The second-order valence-corrected chi connectivity index (χ2v) is 9.27. The summed E-state index contributed by atoms with van der Waals surface area (Å²) in [6.45, 7) is 0.428. The normalized spacial score (nSPS) is 17.8. The Morgan fingerprint density at radius 3 is 2.36 bits per heavy atom. The van der Waals surface area contributed by atoms with Gasteiger partial charge in [0.15, 0.2) is 0 Å². The standard InChI is InChI=1S/C29H32N2O5/c1-31-17-26(24-14-15-30-28(24)29(31)32)25-16-23(35-18-19-4-6-20(33-2)7-5-19)12-13-27(25)36-22-10-8-21(34-3)9-11-22/h4-7,12-17,21-22,30H,8-11,18H2,1-3H3. The van der Waals surface area contributed by atoms with Gasteiger partial charge in [-0.15, -0.1) is 0 Å². The van der Waals surface area contributed by atoms with E-state index in [4.69, 9.17) is 18.9 Å². The molecule has 0 bridgehead atoms. The molecule has 7 nitrogen and oxygen atoms in total. The fraction of sp³-hybridized carbons (Fsp3) is 0.345. The molecule has 0 spiro atoms. The number of aromatic amines is 1. The molecule has 0 atom stereocenters. The highest BCUT2D eigenvalue weighted by Crippen LogP contribution is 2.38. The van der Waals surface area contributed by atoms with Crippen LogP contribution in [0.25, 0.3) is 22.0 Å². The fourth-order valence-electron chi connectivity index (χ4n) is 4.85. The van der Waals surface area contributed by atoms with Crippen LogP contribution in [0.15, 0.2) is 65.7 Å². The second kappa shape index (κ2) is 10.5. The number of hydrogen-bond acceptors (Lipinski definition) is 5. The minimum atomic E-state index is -0.0639. The predicted octanol–water partition coefficient (Wildman–Crippen LogP) is 5.46. The monoisotopic (exact) mass is 488 g/mol. The molecule has 4 aromatic rings. The molecule has 0 unspecified atom stereocenters. The van der Waals surface area contributed by atoms with E-state index in [1.54, 1.807) is 32.0 Å². The van der Waals surface area contributed by atoms with E-state index in [0.29, 0.717) is 18.2 Å². The fourth-order valence-corrected chi connectivity index (χ4v) is 4.85. The number of nitrogens with zero attached hydrogens (tertiary/aromatic N) is 1. The SMILES string of the molecule is COc1ccc(COc2ccc(OC3CCC(OC)CC3)c(-c3cn(C)c(=O)c4[nH]ccc34)c2)cc1. The van der Waals surface area contributed by atoms with Crippen molar-refractivity contribution in [3.05, 3.63) is 76.8 Å². The molecule has 0 aliphatic heterocycles. The molecule has 0 amide bonds. The number of H-pyrrole nitrogens is 1. The van der Waals surface area contributed by atoms with E-state index < -0.39 is 0 Å². The Morgan fingerprint density at radius 2 is 1.64 bits per heavy atom. The Labute approximate surface area is 210 Å². The van der Waals surface area contributed by atoms with Gasteiger partial charge in [-0.3, -0.25) is 4.79 Å². The molecule has 2 aromatic heterocycles. The van der Waals surface area contributed by atoms with E-state index in [0.717, 1.165) is 65.0 Å². The van der Waals surface area contributed by atoms with Gasteiger partial charge < -0.3 is 28.5 Å². The summed E-state index contributed by atoms with van der Waals surface area (Å²) in [4.78, 5) is 15.8. The van der Waals surface area contributed by atoms with Crippen molar-refractivity contribution >= 4 is 10.9 Å². The highest BCUT2D eigenvalue weighted by Gasteiger charge is 2.24. The first-order chi connectivity index (χ1) is 17.6. The summed E-state index contributed by atoms with van der Waals surface area (Å²) in [5, 5.41) is 0.860. The van der Waals surface area contributed by atoms with Crippen LogP contribution in [0.2, 0.25) is 0 Å². The van der Waals surface area contributed by atoms with Crippen LogP contribution < -0.4 is 19.8 Å². The van der Waals surface area contributed by atoms with Crippen molar-refractivity contribution in [2.24, 2.45) is 7.05 Å². The van der Waals surface area contributed by atoms with E-state index in [1.165, 1.54) is 0 Å². The summed E-state index contributed by atoms with van der Waals surface area (Å²) in [7, 11) is 5.19. The lowest BCUT2D eigenvalue weighted by molar-refractivity contribution is 0.0329. The summed E-state index contributed by atoms with van der Waals surface area (Å²) in [6.07, 6.45) is 7.96. The molecule has 1 aliphatic carbocycles. The minimum absolute atomic E-state index is 0.0639. The minimum Gasteiger partial charge on any atom is -0.497 e. The second-order valence-electron chi connectivity index (χ2n) is 9.27. The number of ether oxygens (including phenoxy) is 4. The van der Waals surface area contributed by atoms with Gasteiger partial charge in [-0.25, -0.2) is 0 Å². The first-order valence-electron chi connectivity index (χ1n) is 12.3. The third-order valence-corrected chi connectivity index (χ3v) is 6.95. The molecule has 7 heteroatoms. The van der Waals surface area contributed by atoms with Crippen molar-refractivity contribution in [1.82, 2.24) is 9.55 Å². The molecule has 2 heterocycles. The topological polar surface area (TPSA) is 74.7 Å². The maximum Gasteiger partial charge on any atom is 0.274 e. The van der Waals surface area contributed by atoms with Crippen molar-refractivity contribution in [1.29, 1.82) is 0 Å². The molecule has 1 N–H and O–H groups in total. The Morgan fingerprint density at radius 1 is 0.917 bits per heavy atom. The average molecular weight is 489 g/mol. The number of rotatable bonds is 8. The molecule has 1 fully saturated rings. The molecule has 0 saturated heterocycles. The molecular formula is C29H32N2O5. The van der Waals surface area contributed by atoms with Gasteiger partial charge in [0.1, 0.15) is 29.4 Å². The van der Waals surface area contributed by atoms with Gasteiger partial charge in [0.05, 0.1) is 19.3 Å². The van der Waals surface area contributed by atoms with Crippen LogP contribution in [0.4, 0.5) is 0 Å². The molecule has 5 rings (SSSR count). The van der Waals surface area contributed by atoms with Gasteiger partial charge in [0, 0.05) is 43.1 Å². The zero-order valence-corrected chi connectivity index (χ0v) is 21.0. The van der Waals surface area contributed by atoms with Crippen LogP contribution in [-0.4, -0.2) is 36.0 Å². The van der Waals surface area contributed by atoms with Crippen LogP contribution in [0, 0.1) is 0 Å². The Bertz CT molecular complexity index is 1380. The summed E-state index contributed by atoms with van der Waals surface area (Å²) in [5.41, 5.74) is 3.37. The maximum absolute atomic E-state index is 12.7. The van der Waals surface area contributed by atoms with Crippen LogP contribution in [0.3, 0.4) is 0 Å². The van der Waals surface area contributed by atoms with Gasteiger partial charge in [-0.05, 0) is 67.6 Å². The van der Waals surface area contributed by atoms with Crippen molar-refractivity contribution in [3.63, 3.8) is 0 Å². The molecule has 188 valence electrons.